The summed E-state index contributed by atoms with van der Waals surface area (Å²) in [5, 5.41) is 3.05. The van der Waals surface area contributed by atoms with E-state index < -0.39 is 5.66 Å². The SMILES string of the molecule is Cc1ccc(C2=NC3(CCN(C(=O)c4ccccc4)CC3)NC2=O)cc1. The second-order valence-corrected chi connectivity index (χ2v) is 6.97. The molecule has 1 saturated heterocycles. The molecule has 132 valence electrons. The van der Waals surface area contributed by atoms with Gasteiger partial charge in [0, 0.05) is 37.1 Å². The van der Waals surface area contributed by atoms with Crippen LogP contribution in [-0.4, -0.2) is 41.2 Å². The van der Waals surface area contributed by atoms with Crippen LogP contribution in [0.1, 0.15) is 34.3 Å². The number of carbonyl (C=O) groups excluding carboxylic acids is 2. The first-order chi connectivity index (χ1) is 12.6. The van der Waals surface area contributed by atoms with E-state index in [1.807, 2.05) is 66.4 Å². The van der Waals surface area contributed by atoms with Crippen LogP contribution in [0.2, 0.25) is 0 Å². The first-order valence-corrected chi connectivity index (χ1v) is 8.90. The van der Waals surface area contributed by atoms with E-state index in [1.165, 1.54) is 0 Å². The molecule has 5 heteroatoms. The second kappa shape index (κ2) is 6.41. The Kier molecular flexibility index (Phi) is 4.07. The topological polar surface area (TPSA) is 61.8 Å². The summed E-state index contributed by atoms with van der Waals surface area (Å²) >= 11 is 0. The summed E-state index contributed by atoms with van der Waals surface area (Å²) in [5.41, 5.74) is 2.60. The monoisotopic (exact) mass is 347 g/mol. The number of hydrogen-bond donors (Lipinski definition) is 1. The molecule has 1 fully saturated rings. The van der Waals surface area contributed by atoms with Crippen molar-refractivity contribution in [2.24, 2.45) is 4.99 Å². The van der Waals surface area contributed by atoms with E-state index in [4.69, 9.17) is 4.99 Å². The summed E-state index contributed by atoms with van der Waals surface area (Å²) in [6.45, 7) is 3.18. The molecule has 0 aliphatic carbocycles. The van der Waals surface area contributed by atoms with Crippen LogP contribution >= 0.6 is 0 Å². The Morgan fingerprint density at radius 3 is 2.35 bits per heavy atom. The fraction of sp³-hybridized carbons (Fsp3) is 0.286. The van der Waals surface area contributed by atoms with Crippen molar-refractivity contribution in [1.29, 1.82) is 0 Å². The van der Waals surface area contributed by atoms with E-state index >= 15 is 0 Å². The highest BCUT2D eigenvalue weighted by Crippen LogP contribution is 2.29. The van der Waals surface area contributed by atoms with Gasteiger partial charge in [0.2, 0.25) is 0 Å². The number of aryl methyl sites for hydroxylation is 1. The van der Waals surface area contributed by atoms with Crippen LogP contribution in [-0.2, 0) is 4.79 Å². The van der Waals surface area contributed by atoms with Gasteiger partial charge in [-0.2, -0.15) is 0 Å². The van der Waals surface area contributed by atoms with Crippen LogP contribution in [0, 0.1) is 6.92 Å². The zero-order chi connectivity index (χ0) is 18.1. The first-order valence-electron chi connectivity index (χ1n) is 8.90. The second-order valence-electron chi connectivity index (χ2n) is 6.97. The Bertz CT molecular complexity index is 864. The van der Waals surface area contributed by atoms with Crippen molar-refractivity contribution in [3.8, 4) is 0 Å². The van der Waals surface area contributed by atoms with E-state index in [-0.39, 0.29) is 11.8 Å². The number of nitrogens with one attached hydrogen (secondary N) is 1. The minimum absolute atomic E-state index is 0.0347. The maximum absolute atomic E-state index is 12.6. The van der Waals surface area contributed by atoms with E-state index in [9.17, 15) is 9.59 Å². The summed E-state index contributed by atoms with van der Waals surface area (Å²) in [6, 6.07) is 17.1. The Hall–Kier alpha value is -2.95. The standard InChI is InChI=1S/C21H21N3O2/c1-15-7-9-16(10-8-15)18-19(25)23-21(22-18)11-13-24(14-12-21)20(26)17-5-3-2-4-6-17/h2-10H,11-14H2,1H3,(H,23,25). The van der Waals surface area contributed by atoms with Crippen molar-refractivity contribution in [2.75, 3.05) is 13.1 Å². The quantitative estimate of drug-likeness (QED) is 0.907. The zero-order valence-corrected chi connectivity index (χ0v) is 14.7. The third-order valence-corrected chi connectivity index (χ3v) is 5.11. The van der Waals surface area contributed by atoms with Crippen LogP contribution in [0.3, 0.4) is 0 Å². The van der Waals surface area contributed by atoms with Crippen LogP contribution < -0.4 is 5.32 Å². The van der Waals surface area contributed by atoms with Crippen molar-refractivity contribution in [2.45, 2.75) is 25.4 Å². The predicted octanol–water partition coefficient (Wildman–Crippen LogP) is 2.55. The average Bonchev–Trinajstić information content (AvgIpc) is 2.99. The molecule has 0 unspecified atom stereocenters. The summed E-state index contributed by atoms with van der Waals surface area (Å²) in [5.74, 6) is -0.0933. The van der Waals surface area contributed by atoms with Gasteiger partial charge in [-0.05, 0) is 19.1 Å². The van der Waals surface area contributed by atoms with Crippen LogP contribution in [0.5, 0.6) is 0 Å². The molecule has 1 spiro atoms. The Morgan fingerprint density at radius 1 is 1.04 bits per heavy atom. The van der Waals surface area contributed by atoms with Gasteiger partial charge in [-0.15, -0.1) is 0 Å². The molecule has 2 aromatic rings. The van der Waals surface area contributed by atoms with Crippen molar-refractivity contribution in [1.82, 2.24) is 10.2 Å². The van der Waals surface area contributed by atoms with Gasteiger partial charge < -0.3 is 10.2 Å². The van der Waals surface area contributed by atoms with E-state index in [1.54, 1.807) is 0 Å². The van der Waals surface area contributed by atoms with Crippen LogP contribution in [0.25, 0.3) is 0 Å². The summed E-state index contributed by atoms with van der Waals surface area (Å²) in [4.78, 5) is 31.6. The largest absolute Gasteiger partial charge is 0.338 e. The maximum Gasteiger partial charge on any atom is 0.272 e. The fourth-order valence-electron chi connectivity index (χ4n) is 3.55. The number of benzene rings is 2. The normalized spacial score (nSPS) is 18.6. The Labute approximate surface area is 152 Å². The van der Waals surface area contributed by atoms with Crippen LogP contribution in [0.15, 0.2) is 59.6 Å². The van der Waals surface area contributed by atoms with E-state index in [2.05, 4.69) is 5.32 Å². The van der Waals surface area contributed by atoms with E-state index in [0.29, 0.717) is 37.2 Å². The van der Waals surface area contributed by atoms with Gasteiger partial charge in [-0.3, -0.25) is 14.6 Å². The Morgan fingerprint density at radius 2 is 1.69 bits per heavy atom. The molecule has 2 amide bonds. The van der Waals surface area contributed by atoms with Crippen LogP contribution in [0.4, 0.5) is 0 Å². The summed E-state index contributed by atoms with van der Waals surface area (Å²) < 4.78 is 0. The molecule has 5 nitrogen and oxygen atoms in total. The lowest BCUT2D eigenvalue weighted by Gasteiger charge is -2.37. The van der Waals surface area contributed by atoms with Crippen molar-refractivity contribution in [3.05, 3.63) is 71.3 Å². The zero-order valence-electron chi connectivity index (χ0n) is 14.7. The molecule has 0 aromatic heterocycles. The molecular formula is C21H21N3O2. The Balaban J connectivity index is 1.49. The van der Waals surface area contributed by atoms with Gasteiger partial charge in [0.05, 0.1) is 0 Å². The number of piperidine rings is 1. The highest BCUT2D eigenvalue weighted by molar-refractivity contribution is 6.46. The summed E-state index contributed by atoms with van der Waals surface area (Å²) in [7, 11) is 0. The number of nitrogens with zero attached hydrogens (tertiary/aromatic N) is 2. The highest BCUT2D eigenvalue weighted by Gasteiger charge is 2.42. The van der Waals surface area contributed by atoms with Crippen molar-refractivity contribution in [3.63, 3.8) is 0 Å². The number of likely N-dealkylation sites (tertiary alicyclic amines) is 1. The molecule has 0 atom stereocenters. The van der Waals surface area contributed by atoms with E-state index in [0.717, 1.165) is 11.1 Å². The smallest absolute Gasteiger partial charge is 0.272 e. The lowest BCUT2D eigenvalue weighted by molar-refractivity contribution is -0.115. The molecule has 1 N–H and O–H groups in total. The van der Waals surface area contributed by atoms with Crippen molar-refractivity contribution < 1.29 is 9.59 Å². The van der Waals surface area contributed by atoms with Crippen molar-refractivity contribution >= 4 is 17.5 Å². The third kappa shape index (κ3) is 3.01. The molecule has 4 rings (SSSR count). The molecule has 2 aromatic carbocycles. The maximum atomic E-state index is 12.6. The number of amides is 2. The van der Waals surface area contributed by atoms with Gasteiger partial charge >= 0.3 is 0 Å². The fourth-order valence-corrected chi connectivity index (χ4v) is 3.55. The number of rotatable bonds is 2. The van der Waals surface area contributed by atoms with Gasteiger partial charge in [-0.25, -0.2) is 0 Å². The van der Waals surface area contributed by atoms with Gasteiger partial charge in [-0.1, -0.05) is 48.0 Å². The molecule has 0 radical (unpaired) electrons. The number of aliphatic imine (C=N–C) groups is 1. The minimum atomic E-state index is -0.579. The predicted molar refractivity (Wildman–Crippen MR) is 100 cm³/mol. The molecular weight excluding hydrogens is 326 g/mol. The molecule has 0 saturated carbocycles. The molecule has 2 heterocycles. The first kappa shape index (κ1) is 16.5. The molecule has 2 aliphatic heterocycles. The molecule has 0 bridgehead atoms. The summed E-state index contributed by atoms with van der Waals surface area (Å²) in [6.07, 6.45) is 1.26. The lowest BCUT2D eigenvalue weighted by Crippen LogP contribution is -2.52. The van der Waals surface area contributed by atoms with Gasteiger partial charge in [0.25, 0.3) is 11.8 Å². The van der Waals surface area contributed by atoms with Gasteiger partial charge in [0.1, 0.15) is 11.4 Å². The lowest BCUT2D eigenvalue weighted by atomic mass is 9.97. The minimum Gasteiger partial charge on any atom is -0.338 e. The molecule has 26 heavy (non-hydrogen) atoms. The third-order valence-electron chi connectivity index (χ3n) is 5.11. The molecule has 2 aliphatic rings. The average molecular weight is 347 g/mol. The number of carbonyl (C=O) groups is 2. The highest BCUT2D eigenvalue weighted by atomic mass is 16.2. The number of hydrogen-bond acceptors (Lipinski definition) is 3. The van der Waals surface area contributed by atoms with Gasteiger partial charge in [0.15, 0.2) is 0 Å².